The normalized spacial score (nSPS) is 10.3. The summed E-state index contributed by atoms with van der Waals surface area (Å²) in [6.45, 7) is 2.30. The minimum Gasteiger partial charge on any atom is -0.496 e. The fraction of sp³-hybridized carbons (Fsp3) is 0.286. The predicted octanol–water partition coefficient (Wildman–Crippen LogP) is 1.49. The van der Waals surface area contributed by atoms with E-state index in [1.807, 2.05) is 31.2 Å². The molecule has 0 aliphatic carbocycles. The molecule has 1 heterocycles. The number of amides is 1. The van der Waals surface area contributed by atoms with Crippen LogP contribution in [0.15, 0.2) is 24.3 Å². The summed E-state index contributed by atoms with van der Waals surface area (Å²) >= 11 is 0. The Hall–Kier alpha value is -2.50. The molecule has 6 heteroatoms. The highest BCUT2D eigenvalue weighted by molar-refractivity contribution is 5.97. The van der Waals surface area contributed by atoms with Gasteiger partial charge in [-0.3, -0.25) is 9.89 Å². The highest BCUT2D eigenvalue weighted by Gasteiger charge is 2.16. The molecule has 0 fully saturated rings. The summed E-state index contributed by atoms with van der Waals surface area (Å²) in [4.78, 5) is 12.1. The van der Waals surface area contributed by atoms with Crippen LogP contribution in [0.2, 0.25) is 0 Å². The summed E-state index contributed by atoms with van der Waals surface area (Å²) in [5.74, 6) is 0.432. The molecule has 0 aliphatic rings. The second kappa shape index (κ2) is 6.10. The number of nitrogen functional groups attached to an aromatic ring is 1. The zero-order valence-electron chi connectivity index (χ0n) is 11.6. The minimum absolute atomic E-state index is 0.233. The van der Waals surface area contributed by atoms with Gasteiger partial charge in [-0.15, -0.1) is 0 Å². The maximum absolute atomic E-state index is 12.1. The van der Waals surface area contributed by atoms with Gasteiger partial charge in [0.2, 0.25) is 0 Å². The van der Waals surface area contributed by atoms with Gasteiger partial charge in [-0.25, -0.2) is 0 Å². The van der Waals surface area contributed by atoms with Gasteiger partial charge in [-0.05, 0) is 12.5 Å². The third kappa shape index (κ3) is 2.74. The number of anilines is 1. The maximum Gasteiger partial charge on any atom is 0.274 e. The van der Waals surface area contributed by atoms with E-state index in [0.717, 1.165) is 17.0 Å². The Balaban J connectivity index is 2.07. The average molecular weight is 274 g/mol. The van der Waals surface area contributed by atoms with E-state index in [-0.39, 0.29) is 11.6 Å². The molecule has 0 radical (unpaired) electrons. The largest absolute Gasteiger partial charge is 0.496 e. The Morgan fingerprint density at radius 3 is 2.85 bits per heavy atom. The molecule has 0 unspecified atom stereocenters. The number of nitrogens with zero attached hydrogens (tertiary/aromatic N) is 1. The third-order valence-electron chi connectivity index (χ3n) is 3.08. The van der Waals surface area contributed by atoms with Crippen molar-refractivity contribution in [3.63, 3.8) is 0 Å². The van der Waals surface area contributed by atoms with Crippen LogP contribution >= 0.6 is 0 Å². The Labute approximate surface area is 117 Å². The number of H-pyrrole nitrogens is 1. The highest BCUT2D eigenvalue weighted by Crippen LogP contribution is 2.18. The molecule has 0 bridgehead atoms. The summed E-state index contributed by atoms with van der Waals surface area (Å²) in [5.41, 5.74) is 8.17. The number of carbonyl (C=O) groups excluding carboxylic acids is 1. The third-order valence-corrected chi connectivity index (χ3v) is 3.08. The van der Waals surface area contributed by atoms with Crippen molar-refractivity contribution in [1.29, 1.82) is 0 Å². The van der Waals surface area contributed by atoms with Crippen LogP contribution in [0, 0.1) is 0 Å². The van der Waals surface area contributed by atoms with Crippen molar-refractivity contribution in [2.45, 2.75) is 19.9 Å². The minimum atomic E-state index is -0.302. The lowest BCUT2D eigenvalue weighted by atomic mass is 10.2. The predicted molar refractivity (Wildman–Crippen MR) is 76.5 cm³/mol. The van der Waals surface area contributed by atoms with Crippen molar-refractivity contribution < 1.29 is 9.53 Å². The number of methoxy groups -OCH3 is 1. The molecule has 0 spiro atoms. The first-order valence-electron chi connectivity index (χ1n) is 6.40. The molecule has 0 atom stereocenters. The van der Waals surface area contributed by atoms with Crippen LogP contribution in [0.5, 0.6) is 5.75 Å². The molecule has 20 heavy (non-hydrogen) atoms. The summed E-state index contributed by atoms with van der Waals surface area (Å²) in [5, 5.41) is 9.50. The van der Waals surface area contributed by atoms with E-state index in [2.05, 4.69) is 15.5 Å². The van der Waals surface area contributed by atoms with E-state index < -0.39 is 0 Å². The first-order chi connectivity index (χ1) is 9.67. The van der Waals surface area contributed by atoms with Crippen LogP contribution in [-0.4, -0.2) is 23.2 Å². The van der Waals surface area contributed by atoms with Gasteiger partial charge in [-0.1, -0.05) is 25.1 Å². The van der Waals surface area contributed by atoms with Crippen molar-refractivity contribution in [2.75, 3.05) is 12.8 Å². The highest BCUT2D eigenvalue weighted by atomic mass is 16.5. The number of benzene rings is 1. The molecule has 6 nitrogen and oxygen atoms in total. The van der Waals surface area contributed by atoms with Crippen LogP contribution in [0.25, 0.3) is 0 Å². The Morgan fingerprint density at radius 2 is 2.20 bits per heavy atom. The molecule has 0 aliphatic heterocycles. The van der Waals surface area contributed by atoms with E-state index in [1.165, 1.54) is 0 Å². The number of rotatable bonds is 5. The van der Waals surface area contributed by atoms with Gasteiger partial charge in [0.1, 0.15) is 5.75 Å². The second-order valence-corrected chi connectivity index (χ2v) is 4.31. The van der Waals surface area contributed by atoms with Gasteiger partial charge < -0.3 is 15.8 Å². The average Bonchev–Trinajstić information content (AvgIpc) is 2.86. The fourth-order valence-corrected chi connectivity index (χ4v) is 1.94. The number of aromatic nitrogens is 2. The number of aryl methyl sites for hydroxylation is 1. The summed E-state index contributed by atoms with van der Waals surface area (Å²) < 4.78 is 5.23. The van der Waals surface area contributed by atoms with Gasteiger partial charge in [0.05, 0.1) is 18.5 Å². The van der Waals surface area contributed by atoms with Crippen LogP contribution in [0.3, 0.4) is 0 Å². The number of aromatic amines is 1. The number of nitrogens with two attached hydrogens (primary N) is 1. The first kappa shape index (κ1) is 13.9. The molecule has 106 valence electrons. The lowest BCUT2D eigenvalue weighted by Gasteiger charge is -2.08. The molecule has 0 saturated heterocycles. The van der Waals surface area contributed by atoms with Gasteiger partial charge in [0.15, 0.2) is 5.69 Å². The van der Waals surface area contributed by atoms with E-state index in [9.17, 15) is 4.79 Å². The topological polar surface area (TPSA) is 93.0 Å². The fourth-order valence-electron chi connectivity index (χ4n) is 1.94. The van der Waals surface area contributed by atoms with Crippen LogP contribution in [0.4, 0.5) is 5.69 Å². The quantitative estimate of drug-likeness (QED) is 0.770. The van der Waals surface area contributed by atoms with E-state index in [4.69, 9.17) is 10.5 Å². The van der Waals surface area contributed by atoms with Gasteiger partial charge in [0.25, 0.3) is 5.91 Å². The van der Waals surface area contributed by atoms with Crippen molar-refractivity contribution in [3.8, 4) is 5.75 Å². The molecule has 1 aromatic carbocycles. The zero-order valence-corrected chi connectivity index (χ0v) is 11.6. The monoisotopic (exact) mass is 274 g/mol. The van der Waals surface area contributed by atoms with E-state index in [0.29, 0.717) is 18.7 Å². The molecule has 2 rings (SSSR count). The van der Waals surface area contributed by atoms with Gasteiger partial charge in [0, 0.05) is 12.1 Å². The summed E-state index contributed by atoms with van der Waals surface area (Å²) in [6, 6.07) is 7.51. The van der Waals surface area contributed by atoms with E-state index in [1.54, 1.807) is 7.11 Å². The number of para-hydroxylation sites is 1. The Bertz CT molecular complexity index is 607. The Morgan fingerprint density at radius 1 is 1.45 bits per heavy atom. The molecule has 0 saturated carbocycles. The molecular formula is C14H18N4O2. The van der Waals surface area contributed by atoms with Gasteiger partial charge >= 0.3 is 0 Å². The molecule has 1 amide bonds. The molecule has 4 N–H and O–H groups in total. The number of hydrogen-bond donors (Lipinski definition) is 3. The number of carbonyl (C=O) groups is 1. The van der Waals surface area contributed by atoms with Crippen molar-refractivity contribution in [3.05, 3.63) is 41.2 Å². The van der Waals surface area contributed by atoms with Crippen LogP contribution < -0.4 is 15.8 Å². The van der Waals surface area contributed by atoms with E-state index >= 15 is 0 Å². The lowest BCUT2D eigenvalue weighted by Crippen LogP contribution is -2.24. The van der Waals surface area contributed by atoms with Gasteiger partial charge in [-0.2, -0.15) is 5.10 Å². The smallest absolute Gasteiger partial charge is 0.274 e. The number of nitrogens with one attached hydrogen (secondary N) is 2. The summed E-state index contributed by atoms with van der Waals surface area (Å²) in [6.07, 6.45) is 0.707. The van der Waals surface area contributed by atoms with Crippen molar-refractivity contribution in [1.82, 2.24) is 15.5 Å². The first-order valence-corrected chi connectivity index (χ1v) is 6.40. The number of hydrogen-bond acceptors (Lipinski definition) is 4. The molecular weight excluding hydrogens is 256 g/mol. The standard InChI is InChI=1S/C14H18N4O2/c1-3-10-12(15)13(18-17-10)14(19)16-8-9-6-4-5-7-11(9)20-2/h4-7H,3,8,15H2,1-2H3,(H,16,19)(H,17,18). The molecule has 1 aromatic heterocycles. The summed E-state index contributed by atoms with van der Waals surface area (Å²) in [7, 11) is 1.60. The van der Waals surface area contributed by atoms with Crippen LogP contribution in [0.1, 0.15) is 28.7 Å². The maximum atomic E-state index is 12.1. The zero-order chi connectivity index (χ0) is 14.5. The van der Waals surface area contributed by atoms with Crippen molar-refractivity contribution in [2.24, 2.45) is 0 Å². The number of ether oxygens (including phenoxy) is 1. The van der Waals surface area contributed by atoms with Crippen molar-refractivity contribution >= 4 is 11.6 Å². The SMILES string of the molecule is CCc1[nH]nc(C(=O)NCc2ccccc2OC)c1N. The second-order valence-electron chi connectivity index (χ2n) is 4.31. The molecule has 2 aromatic rings. The lowest BCUT2D eigenvalue weighted by molar-refractivity contribution is 0.0946. The Kier molecular flexibility index (Phi) is 4.24. The van der Waals surface area contributed by atoms with Crippen LogP contribution in [-0.2, 0) is 13.0 Å².